The van der Waals surface area contributed by atoms with Gasteiger partial charge in [0, 0.05) is 23.6 Å². The molecule has 0 aliphatic rings. The van der Waals surface area contributed by atoms with Crippen LogP contribution in [0.1, 0.15) is 15.2 Å². The summed E-state index contributed by atoms with van der Waals surface area (Å²) in [5.74, 6) is 4.92. The Morgan fingerprint density at radius 1 is 1.38 bits per heavy atom. The first-order valence-corrected chi connectivity index (χ1v) is 7.05. The fraction of sp³-hybridized carbons (Fsp3) is 0.154. The molecule has 0 spiro atoms. The van der Waals surface area contributed by atoms with E-state index in [0.29, 0.717) is 18.7 Å². The van der Waals surface area contributed by atoms with Crippen LogP contribution in [0.2, 0.25) is 0 Å². The van der Waals surface area contributed by atoms with Crippen molar-refractivity contribution in [2.24, 2.45) is 5.84 Å². The molecule has 1 aromatic heterocycles. The maximum atomic E-state index is 12.1. The lowest BCUT2D eigenvalue weighted by molar-refractivity contribution is -0.384. The Hall–Kier alpha value is -2.45. The van der Waals surface area contributed by atoms with Gasteiger partial charge in [0.1, 0.15) is 0 Å². The topological polar surface area (TPSA) is 110 Å². The fourth-order valence-electron chi connectivity index (χ4n) is 1.81. The van der Waals surface area contributed by atoms with Crippen LogP contribution >= 0.6 is 11.3 Å². The van der Waals surface area contributed by atoms with Gasteiger partial charge in [-0.05, 0) is 23.9 Å². The van der Waals surface area contributed by atoms with Crippen LogP contribution in [0.15, 0.2) is 35.7 Å². The predicted octanol–water partition coefficient (Wildman–Crippen LogP) is 1.91. The normalized spacial score (nSPS) is 10.1. The van der Waals surface area contributed by atoms with Gasteiger partial charge in [0.25, 0.3) is 11.6 Å². The zero-order valence-electron chi connectivity index (χ0n) is 11.0. The molecular weight excluding hydrogens is 292 g/mol. The van der Waals surface area contributed by atoms with Crippen molar-refractivity contribution in [3.63, 3.8) is 0 Å². The Balaban J connectivity index is 2.06. The number of nitrogens with zero attached hydrogens (tertiary/aromatic N) is 1. The SMILES string of the molecule is NNc1ccc([N+](=O)[O-])cc1C(=O)NCCc1cccs1. The van der Waals surface area contributed by atoms with Crippen molar-refractivity contribution in [3.8, 4) is 0 Å². The number of hydrogen-bond acceptors (Lipinski definition) is 6. The van der Waals surface area contributed by atoms with E-state index in [1.54, 1.807) is 11.3 Å². The van der Waals surface area contributed by atoms with Gasteiger partial charge in [0.2, 0.25) is 0 Å². The third-order valence-corrected chi connectivity index (χ3v) is 3.79. The smallest absolute Gasteiger partial charge is 0.270 e. The zero-order valence-corrected chi connectivity index (χ0v) is 11.9. The number of nitrogens with one attached hydrogen (secondary N) is 2. The van der Waals surface area contributed by atoms with E-state index < -0.39 is 10.8 Å². The maximum absolute atomic E-state index is 12.1. The first-order valence-electron chi connectivity index (χ1n) is 6.17. The van der Waals surface area contributed by atoms with Crippen molar-refractivity contribution in [2.45, 2.75) is 6.42 Å². The lowest BCUT2D eigenvalue weighted by atomic mass is 10.1. The number of non-ortho nitro benzene ring substituents is 1. The van der Waals surface area contributed by atoms with Gasteiger partial charge in [-0.25, -0.2) is 0 Å². The molecule has 2 rings (SSSR count). The Morgan fingerprint density at radius 2 is 2.19 bits per heavy atom. The molecule has 7 nitrogen and oxygen atoms in total. The van der Waals surface area contributed by atoms with E-state index in [-0.39, 0.29) is 11.3 Å². The van der Waals surface area contributed by atoms with Crippen molar-refractivity contribution in [1.29, 1.82) is 0 Å². The van der Waals surface area contributed by atoms with Crippen LogP contribution in [-0.4, -0.2) is 17.4 Å². The summed E-state index contributed by atoms with van der Waals surface area (Å²) in [6, 6.07) is 7.83. The van der Waals surface area contributed by atoms with Crippen LogP contribution in [0.4, 0.5) is 11.4 Å². The summed E-state index contributed by atoms with van der Waals surface area (Å²) in [6.07, 6.45) is 0.712. The second-order valence-electron chi connectivity index (χ2n) is 4.22. The molecule has 4 N–H and O–H groups in total. The van der Waals surface area contributed by atoms with E-state index in [9.17, 15) is 14.9 Å². The number of amides is 1. The molecule has 1 amide bonds. The fourth-order valence-corrected chi connectivity index (χ4v) is 2.52. The standard InChI is InChI=1S/C13H14N4O3S/c14-16-12-4-3-9(17(19)20)8-11(12)13(18)15-6-5-10-2-1-7-21-10/h1-4,7-8,16H,5-6,14H2,(H,15,18). The predicted molar refractivity (Wildman–Crippen MR) is 81.3 cm³/mol. The summed E-state index contributed by atoms with van der Waals surface area (Å²) in [5.41, 5.74) is 2.70. The number of nitro benzene ring substituents is 1. The summed E-state index contributed by atoms with van der Waals surface area (Å²) in [5, 5.41) is 15.5. The molecule has 1 heterocycles. The van der Waals surface area contributed by atoms with E-state index in [2.05, 4.69) is 10.7 Å². The lowest BCUT2D eigenvalue weighted by Crippen LogP contribution is -2.27. The lowest BCUT2D eigenvalue weighted by Gasteiger charge is -2.09. The van der Waals surface area contributed by atoms with Gasteiger partial charge in [-0.3, -0.25) is 20.8 Å². The van der Waals surface area contributed by atoms with Crippen LogP contribution in [0.3, 0.4) is 0 Å². The van der Waals surface area contributed by atoms with Gasteiger partial charge in [-0.2, -0.15) is 0 Å². The largest absolute Gasteiger partial charge is 0.352 e. The number of hydrazine groups is 1. The van der Waals surface area contributed by atoms with Gasteiger partial charge in [0.05, 0.1) is 16.2 Å². The highest BCUT2D eigenvalue weighted by molar-refractivity contribution is 7.09. The minimum absolute atomic E-state index is 0.151. The summed E-state index contributed by atoms with van der Waals surface area (Å²) in [4.78, 5) is 23.5. The van der Waals surface area contributed by atoms with E-state index in [4.69, 9.17) is 5.84 Å². The van der Waals surface area contributed by atoms with Gasteiger partial charge >= 0.3 is 0 Å². The van der Waals surface area contributed by atoms with Crippen LogP contribution in [0.5, 0.6) is 0 Å². The van der Waals surface area contributed by atoms with Gasteiger partial charge < -0.3 is 10.7 Å². The molecule has 0 bridgehead atoms. The molecule has 0 aliphatic heterocycles. The molecule has 0 saturated heterocycles. The number of thiophene rings is 1. The van der Waals surface area contributed by atoms with Crippen molar-refractivity contribution < 1.29 is 9.72 Å². The molecule has 2 aromatic rings. The second kappa shape index (κ2) is 6.82. The van der Waals surface area contributed by atoms with Crippen molar-refractivity contribution in [3.05, 3.63) is 56.3 Å². The Labute approximate surface area is 124 Å². The molecule has 0 atom stereocenters. The number of nitrogen functional groups attached to an aromatic ring is 1. The third-order valence-electron chi connectivity index (χ3n) is 2.85. The van der Waals surface area contributed by atoms with E-state index in [0.717, 1.165) is 4.88 Å². The second-order valence-corrected chi connectivity index (χ2v) is 5.25. The summed E-state index contributed by atoms with van der Waals surface area (Å²) in [7, 11) is 0. The van der Waals surface area contributed by atoms with Crippen molar-refractivity contribution in [1.82, 2.24) is 5.32 Å². The maximum Gasteiger partial charge on any atom is 0.270 e. The first-order chi connectivity index (χ1) is 10.1. The molecule has 1 aromatic carbocycles. The molecule has 110 valence electrons. The highest BCUT2D eigenvalue weighted by Crippen LogP contribution is 2.21. The third kappa shape index (κ3) is 3.77. The molecule has 8 heteroatoms. The first kappa shape index (κ1) is 14.9. The monoisotopic (exact) mass is 306 g/mol. The summed E-state index contributed by atoms with van der Waals surface area (Å²) in [6.45, 7) is 0.450. The van der Waals surface area contributed by atoms with Crippen molar-refractivity contribution >= 4 is 28.6 Å². The Kier molecular flexibility index (Phi) is 4.85. The van der Waals surface area contributed by atoms with E-state index in [1.165, 1.54) is 18.2 Å². The average molecular weight is 306 g/mol. The molecule has 0 unspecified atom stereocenters. The van der Waals surface area contributed by atoms with E-state index in [1.807, 2.05) is 17.5 Å². The molecule has 0 fully saturated rings. The number of carbonyl (C=O) groups is 1. The van der Waals surface area contributed by atoms with Crippen LogP contribution in [0, 0.1) is 10.1 Å². The van der Waals surface area contributed by atoms with Crippen LogP contribution in [-0.2, 0) is 6.42 Å². The quantitative estimate of drug-likeness (QED) is 0.429. The average Bonchev–Trinajstić information content (AvgIpc) is 2.99. The molecule has 0 saturated carbocycles. The number of rotatable bonds is 6. The minimum Gasteiger partial charge on any atom is -0.352 e. The van der Waals surface area contributed by atoms with Gasteiger partial charge in [-0.15, -0.1) is 11.3 Å². The Bertz CT molecular complexity index is 643. The van der Waals surface area contributed by atoms with Gasteiger partial charge in [-0.1, -0.05) is 6.07 Å². The number of nitro groups is 1. The van der Waals surface area contributed by atoms with Crippen LogP contribution in [0.25, 0.3) is 0 Å². The highest BCUT2D eigenvalue weighted by atomic mass is 32.1. The van der Waals surface area contributed by atoms with E-state index >= 15 is 0 Å². The highest BCUT2D eigenvalue weighted by Gasteiger charge is 2.16. The molecule has 0 radical (unpaired) electrons. The molecule has 0 aliphatic carbocycles. The summed E-state index contributed by atoms with van der Waals surface area (Å²) >= 11 is 1.61. The number of hydrogen-bond donors (Lipinski definition) is 3. The summed E-state index contributed by atoms with van der Waals surface area (Å²) < 4.78 is 0. The van der Waals surface area contributed by atoms with Gasteiger partial charge in [0.15, 0.2) is 0 Å². The molecular formula is C13H14N4O3S. The number of anilines is 1. The number of nitrogens with two attached hydrogens (primary N) is 1. The Morgan fingerprint density at radius 3 is 2.81 bits per heavy atom. The number of benzene rings is 1. The number of carbonyl (C=O) groups excluding carboxylic acids is 1. The zero-order chi connectivity index (χ0) is 15.2. The minimum atomic E-state index is -0.553. The van der Waals surface area contributed by atoms with Crippen LogP contribution < -0.4 is 16.6 Å². The van der Waals surface area contributed by atoms with Crippen molar-refractivity contribution in [2.75, 3.05) is 12.0 Å². The molecule has 21 heavy (non-hydrogen) atoms.